The van der Waals surface area contributed by atoms with Gasteiger partial charge in [-0.3, -0.25) is 0 Å². The third-order valence-corrected chi connectivity index (χ3v) is 2.00. The largest absolute Gasteiger partial charge is 0.477 e. The van der Waals surface area contributed by atoms with Gasteiger partial charge < -0.3 is 10.4 Å². The summed E-state index contributed by atoms with van der Waals surface area (Å²) < 4.78 is 0. The average Bonchev–Trinajstić information content (AvgIpc) is 2.11. The van der Waals surface area contributed by atoms with Crippen LogP contribution in [0.15, 0.2) is 11.3 Å². The van der Waals surface area contributed by atoms with Gasteiger partial charge in [-0.15, -0.1) is 0 Å². The molecule has 0 amide bonds. The number of carbonyl (C=O) groups is 1. The van der Waals surface area contributed by atoms with Crippen molar-refractivity contribution in [1.29, 1.82) is 0 Å². The Hall–Kier alpha value is -0.990. The van der Waals surface area contributed by atoms with Crippen LogP contribution in [0.25, 0.3) is 0 Å². The molecule has 0 aliphatic carbocycles. The van der Waals surface area contributed by atoms with Crippen LogP contribution in [-0.2, 0) is 4.79 Å². The Bertz CT molecular complexity index is 197. The standard InChI is InChI=1S/C10H19NO2/c1-4-6-7-11-9(10(12)13)8(3)5-2/h11H,4-7H2,1-3H3,(H,12,13)/b9-8+. The highest BCUT2D eigenvalue weighted by Gasteiger charge is 2.08. The van der Waals surface area contributed by atoms with E-state index in [9.17, 15) is 4.79 Å². The van der Waals surface area contributed by atoms with Crippen LogP contribution in [0, 0.1) is 0 Å². The lowest BCUT2D eigenvalue weighted by Gasteiger charge is -2.09. The topological polar surface area (TPSA) is 49.3 Å². The van der Waals surface area contributed by atoms with Crippen LogP contribution >= 0.6 is 0 Å². The third-order valence-electron chi connectivity index (χ3n) is 2.00. The zero-order valence-corrected chi connectivity index (χ0v) is 8.68. The van der Waals surface area contributed by atoms with Gasteiger partial charge in [0, 0.05) is 6.54 Å². The monoisotopic (exact) mass is 185 g/mol. The summed E-state index contributed by atoms with van der Waals surface area (Å²) in [5, 5.41) is 11.8. The molecule has 3 heteroatoms. The van der Waals surface area contributed by atoms with E-state index < -0.39 is 5.97 Å². The van der Waals surface area contributed by atoms with Crippen molar-refractivity contribution in [3.05, 3.63) is 11.3 Å². The van der Waals surface area contributed by atoms with Crippen LogP contribution in [0.2, 0.25) is 0 Å². The van der Waals surface area contributed by atoms with E-state index in [1.165, 1.54) is 0 Å². The normalized spacial score (nSPS) is 12.2. The number of carboxylic acids is 1. The quantitative estimate of drug-likeness (QED) is 0.492. The molecule has 0 aromatic carbocycles. The van der Waals surface area contributed by atoms with Gasteiger partial charge in [0.05, 0.1) is 0 Å². The highest BCUT2D eigenvalue weighted by molar-refractivity contribution is 5.86. The molecule has 0 unspecified atom stereocenters. The maximum atomic E-state index is 10.8. The molecule has 0 saturated carbocycles. The number of aliphatic carboxylic acids is 1. The van der Waals surface area contributed by atoms with E-state index in [2.05, 4.69) is 12.2 Å². The maximum Gasteiger partial charge on any atom is 0.351 e. The Kier molecular flexibility index (Phi) is 6.02. The van der Waals surface area contributed by atoms with Crippen molar-refractivity contribution >= 4 is 5.97 Å². The predicted molar refractivity (Wildman–Crippen MR) is 53.5 cm³/mol. The van der Waals surface area contributed by atoms with Crippen molar-refractivity contribution in [2.24, 2.45) is 0 Å². The summed E-state index contributed by atoms with van der Waals surface area (Å²) in [5.74, 6) is -0.851. The van der Waals surface area contributed by atoms with Crippen molar-refractivity contribution in [2.45, 2.75) is 40.0 Å². The van der Waals surface area contributed by atoms with Gasteiger partial charge in [0.15, 0.2) is 0 Å². The summed E-state index contributed by atoms with van der Waals surface area (Å²) in [6, 6.07) is 0. The van der Waals surface area contributed by atoms with E-state index in [0.717, 1.165) is 31.4 Å². The molecule has 0 saturated heterocycles. The van der Waals surface area contributed by atoms with Crippen molar-refractivity contribution in [3.63, 3.8) is 0 Å². The number of unbranched alkanes of at least 4 members (excludes halogenated alkanes) is 1. The highest BCUT2D eigenvalue weighted by Crippen LogP contribution is 2.05. The second kappa shape index (κ2) is 6.52. The third kappa shape index (κ3) is 4.55. The number of carboxylic acid groups (broad SMARTS) is 1. The SMILES string of the molecule is CCCCN/C(C(=O)O)=C(\C)CC. The minimum absolute atomic E-state index is 0.371. The minimum Gasteiger partial charge on any atom is -0.477 e. The molecule has 0 aromatic heterocycles. The second-order valence-electron chi connectivity index (χ2n) is 3.09. The molecule has 0 spiro atoms. The van der Waals surface area contributed by atoms with E-state index in [-0.39, 0.29) is 0 Å². The number of allylic oxidation sites excluding steroid dienone is 1. The molecule has 0 bridgehead atoms. The summed E-state index contributed by atoms with van der Waals surface area (Å²) in [5.41, 5.74) is 1.28. The first kappa shape index (κ1) is 12.0. The Morgan fingerprint density at radius 2 is 2.00 bits per heavy atom. The molecule has 76 valence electrons. The Balaban J connectivity index is 4.19. The Labute approximate surface area is 79.8 Å². The summed E-state index contributed by atoms with van der Waals surface area (Å²) in [6.07, 6.45) is 2.86. The van der Waals surface area contributed by atoms with Crippen molar-refractivity contribution in [3.8, 4) is 0 Å². The van der Waals surface area contributed by atoms with Gasteiger partial charge in [0.1, 0.15) is 5.70 Å². The molecule has 0 aliphatic heterocycles. The maximum absolute atomic E-state index is 10.8. The molecule has 0 heterocycles. The van der Waals surface area contributed by atoms with E-state index in [4.69, 9.17) is 5.11 Å². The molecule has 0 fully saturated rings. The fourth-order valence-electron chi connectivity index (χ4n) is 0.976. The second-order valence-corrected chi connectivity index (χ2v) is 3.09. The van der Waals surface area contributed by atoms with E-state index in [1.54, 1.807) is 0 Å². The highest BCUT2D eigenvalue weighted by atomic mass is 16.4. The van der Waals surface area contributed by atoms with Crippen LogP contribution in [0.1, 0.15) is 40.0 Å². The summed E-state index contributed by atoms with van der Waals surface area (Å²) >= 11 is 0. The first-order valence-electron chi connectivity index (χ1n) is 4.80. The predicted octanol–water partition coefficient (Wildman–Crippen LogP) is 2.14. The van der Waals surface area contributed by atoms with Crippen molar-refractivity contribution < 1.29 is 9.90 Å². The van der Waals surface area contributed by atoms with Gasteiger partial charge in [0.2, 0.25) is 0 Å². The lowest BCUT2D eigenvalue weighted by Crippen LogP contribution is -2.22. The average molecular weight is 185 g/mol. The van der Waals surface area contributed by atoms with Gasteiger partial charge in [0.25, 0.3) is 0 Å². The van der Waals surface area contributed by atoms with Crippen molar-refractivity contribution in [2.75, 3.05) is 6.54 Å². The molecular formula is C10H19NO2. The fourth-order valence-corrected chi connectivity index (χ4v) is 0.976. The Morgan fingerprint density at radius 3 is 2.38 bits per heavy atom. The number of hydrogen-bond donors (Lipinski definition) is 2. The van der Waals surface area contributed by atoms with E-state index in [0.29, 0.717) is 5.70 Å². The van der Waals surface area contributed by atoms with Crippen LogP contribution in [-0.4, -0.2) is 17.6 Å². The molecular weight excluding hydrogens is 166 g/mol. The molecule has 0 rings (SSSR count). The summed E-state index contributed by atoms with van der Waals surface area (Å²) in [6.45, 7) is 6.64. The number of rotatable bonds is 6. The molecule has 0 aliphatic rings. The molecule has 2 N–H and O–H groups in total. The molecule has 0 aromatic rings. The first-order valence-corrected chi connectivity index (χ1v) is 4.80. The van der Waals surface area contributed by atoms with E-state index >= 15 is 0 Å². The summed E-state index contributed by atoms with van der Waals surface area (Å²) in [4.78, 5) is 10.8. The van der Waals surface area contributed by atoms with Crippen molar-refractivity contribution in [1.82, 2.24) is 5.32 Å². The van der Waals surface area contributed by atoms with Gasteiger partial charge in [-0.05, 0) is 25.3 Å². The zero-order chi connectivity index (χ0) is 10.3. The molecule has 3 nitrogen and oxygen atoms in total. The summed E-state index contributed by atoms with van der Waals surface area (Å²) in [7, 11) is 0. The molecule has 13 heavy (non-hydrogen) atoms. The lowest BCUT2D eigenvalue weighted by molar-refractivity contribution is -0.133. The lowest BCUT2D eigenvalue weighted by atomic mass is 10.2. The zero-order valence-electron chi connectivity index (χ0n) is 8.68. The van der Waals surface area contributed by atoms with E-state index in [1.807, 2.05) is 13.8 Å². The van der Waals surface area contributed by atoms with Gasteiger partial charge in [-0.1, -0.05) is 20.3 Å². The minimum atomic E-state index is -0.851. The Morgan fingerprint density at radius 1 is 1.38 bits per heavy atom. The van der Waals surface area contributed by atoms with Crippen LogP contribution in [0.5, 0.6) is 0 Å². The fraction of sp³-hybridized carbons (Fsp3) is 0.700. The number of hydrogen-bond acceptors (Lipinski definition) is 2. The van der Waals surface area contributed by atoms with Gasteiger partial charge in [-0.2, -0.15) is 0 Å². The van der Waals surface area contributed by atoms with Gasteiger partial charge in [-0.25, -0.2) is 4.79 Å². The van der Waals surface area contributed by atoms with Crippen LogP contribution in [0.3, 0.4) is 0 Å². The number of nitrogens with one attached hydrogen (secondary N) is 1. The van der Waals surface area contributed by atoms with Crippen LogP contribution < -0.4 is 5.32 Å². The van der Waals surface area contributed by atoms with Gasteiger partial charge >= 0.3 is 5.97 Å². The smallest absolute Gasteiger partial charge is 0.351 e. The van der Waals surface area contributed by atoms with Crippen LogP contribution in [0.4, 0.5) is 0 Å². The molecule has 0 radical (unpaired) electrons. The first-order chi connectivity index (χ1) is 6.13. The molecule has 0 atom stereocenters.